The van der Waals surface area contributed by atoms with Crippen molar-refractivity contribution in [1.82, 2.24) is 10.3 Å². The number of aromatic nitrogens is 1. The van der Waals surface area contributed by atoms with Gasteiger partial charge in [-0.05, 0) is 85.9 Å². The highest BCUT2D eigenvalue weighted by molar-refractivity contribution is 5.96. The van der Waals surface area contributed by atoms with Crippen molar-refractivity contribution in [3.05, 3.63) is 59.8 Å². The van der Waals surface area contributed by atoms with Crippen molar-refractivity contribution in [2.75, 3.05) is 23.7 Å². The molecule has 1 aromatic carbocycles. The summed E-state index contributed by atoms with van der Waals surface area (Å²) in [5.74, 6) is 0.864. The summed E-state index contributed by atoms with van der Waals surface area (Å²) in [6.45, 7) is 2.34. The van der Waals surface area contributed by atoms with Crippen LogP contribution in [-0.2, 0) is 16.1 Å². The summed E-state index contributed by atoms with van der Waals surface area (Å²) < 4.78 is 0. The third kappa shape index (κ3) is 5.16. The van der Waals surface area contributed by atoms with Crippen LogP contribution in [0.5, 0.6) is 0 Å². The van der Waals surface area contributed by atoms with Gasteiger partial charge in [-0.15, -0.1) is 0 Å². The summed E-state index contributed by atoms with van der Waals surface area (Å²) in [6, 6.07) is 11.9. The first-order valence-electron chi connectivity index (χ1n) is 12.8. The molecular formula is C28H35N5O2. The molecule has 2 heterocycles. The van der Waals surface area contributed by atoms with Gasteiger partial charge in [-0.1, -0.05) is 30.7 Å². The molecule has 7 nitrogen and oxygen atoms in total. The first kappa shape index (κ1) is 23.7. The van der Waals surface area contributed by atoms with Gasteiger partial charge in [0.15, 0.2) is 0 Å². The molecule has 184 valence electrons. The first-order valence-corrected chi connectivity index (χ1v) is 12.8. The lowest BCUT2D eigenvalue weighted by Crippen LogP contribution is -2.48. The van der Waals surface area contributed by atoms with Gasteiger partial charge in [-0.3, -0.25) is 9.59 Å². The number of nitrogens with one attached hydrogen (secondary N) is 3. The maximum absolute atomic E-state index is 13.3. The Hall–Kier alpha value is -3.03. The maximum atomic E-state index is 13.3. The Balaban J connectivity index is 1.21. The van der Waals surface area contributed by atoms with E-state index in [1.54, 1.807) is 6.20 Å². The second-order valence-corrected chi connectivity index (χ2v) is 10.2. The number of nitrogens with two attached hydrogens (primary N) is 1. The number of anilines is 2. The van der Waals surface area contributed by atoms with Crippen LogP contribution in [0.15, 0.2) is 48.7 Å². The summed E-state index contributed by atoms with van der Waals surface area (Å²) >= 11 is 0. The Morgan fingerprint density at radius 3 is 2.66 bits per heavy atom. The number of carbonyl (C=O) groups excluding carboxylic acids is 2. The molecule has 3 unspecified atom stereocenters. The van der Waals surface area contributed by atoms with Crippen molar-refractivity contribution in [1.29, 1.82) is 0 Å². The van der Waals surface area contributed by atoms with Gasteiger partial charge < -0.3 is 21.7 Å². The van der Waals surface area contributed by atoms with E-state index in [0.717, 1.165) is 69.3 Å². The smallest absolute Gasteiger partial charge is 0.231 e. The van der Waals surface area contributed by atoms with E-state index in [0.29, 0.717) is 12.4 Å². The lowest BCUT2D eigenvalue weighted by molar-refractivity contribution is -0.136. The van der Waals surface area contributed by atoms with E-state index in [1.165, 1.54) is 11.1 Å². The maximum Gasteiger partial charge on any atom is 0.231 e. The van der Waals surface area contributed by atoms with E-state index >= 15 is 0 Å². The fraction of sp³-hybridized carbons (Fsp3) is 0.464. The molecule has 0 radical (unpaired) electrons. The van der Waals surface area contributed by atoms with Crippen LogP contribution in [0.1, 0.15) is 56.1 Å². The number of hydrogen-bond acceptors (Lipinski definition) is 5. The molecule has 3 atom stereocenters. The van der Waals surface area contributed by atoms with Gasteiger partial charge in [-0.25, -0.2) is 4.98 Å². The minimum atomic E-state index is -0.405. The fourth-order valence-corrected chi connectivity index (χ4v) is 6.07. The van der Waals surface area contributed by atoms with E-state index in [-0.39, 0.29) is 23.7 Å². The average Bonchev–Trinajstić information content (AvgIpc) is 2.90. The minimum absolute atomic E-state index is 0.0388. The van der Waals surface area contributed by atoms with Gasteiger partial charge >= 0.3 is 0 Å². The molecule has 1 aliphatic heterocycles. The summed E-state index contributed by atoms with van der Waals surface area (Å²) in [4.78, 5) is 30.9. The number of benzene rings is 1. The van der Waals surface area contributed by atoms with Crippen molar-refractivity contribution in [3.8, 4) is 0 Å². The van der Waals surface area contributed by atoms with Crippen LogP contribution in [-0.4, -0.2) is 29.9 Å². The quantitative estimate of drug-likeness (QED) is 0.505. The summed E-state index contributed by atoms with van der Waals surface area (Å²) in [7, 11) is 0. The topological polar surface area (TPSA) is 109 Å². The van der Waals surface area contributed by atoms with Crippen molar-refractivity contribution in [2.24, 2.45) is 23.0 Å². The lowest BCUT2D eigenvalue weighted by Gasteiger charge is -2.47. The predicted octanol–water partition coefficient (Wildman–Crippen LogP) is 4.08. The number of fused-ring (bicyclic) bond motifs is 2. The van der Waals surface area contributed by atoms with Crippen molar-refractivity contribution in [2.45, 2.75) is 51.5 Å². The molecule has 5 rings (SSSR count). The predicted molar refractivity (Wildman–Crippen MR) is 138 cm³/mol. The number of rotatable bonds is 6. The van der Waals surface area contributed by atoms with Gasteiger partial charge in [0, 0.05) is 36.3 Å². The van der Waals surface area contributed by atoms with Crippen molar-refractivity contribution in [3.63, 3.8) is 0 Å². The van der Waals surface area contributed by atoms with E-state index < -0.39 is 5.41 Å². The Morgan fingerprint density at radius 2 is 1.94 bits per heavy atom. The molecule has 35 heavy (non-hydrogen) atoms. The summed E-state index contributed by atoms with van der Waals surface area (Å²) in [5, 5.41) is 9.51. The molecule has 3 aliphatic rings. The van der Waals surface area contributed by atoms with Crippen LogP contribution >= 0.6 is 0 Å². The van der Waals surface area contributed by atoms with E-state index in [9.17, 15) is 9.59 Å². The molecule has 2 aliphatic carbocycles. The zero-order valence-corrected chi connectivity index (χ0v) is 20.2. The van der Waals surface area contributed by atoms with Crippen LogP contribution in [0.3, 0.4) is 0 Å². The zero-order chi connectivity index (χ0) is 24.3. The highest BCUT2D eigenvalue weighted by atomic mass is 16.2. The Kier molecular flexibility index (Phi) is 6.97. The molecule has 2 fully saturated rings. The highest BCUT2D eigenvalue weighted by Crippen LogP contribution is 2.52. The van der Waals surface area contributed by atoms with Gasteiger partial charge in [0.05, 0.1) is 0 Å². The molecule has 2 amide bonds. The third-order valence-corrected chi connectivity index (χ3v) is 8.09. The van der Waals surface area contributed by atoms with E-state index in [1.807, 2.05) is 24.3 Å². The third-order valence-electron chi connectivity index (χ3n) is 8.09. The minimum Gasteiger partial charge on any atom is -0.326 e. The van der Waals surface area contributed by atoms with Gasteiger partial charge in [0.2, 0.25) is 11.8 Å². The second-order valence-electron chi connectivity index (χ2n) is 10.2. The molecule has 2 saturated carbocycles. The number of hydrogen-bond donors (Lipinski definition) is 4. The zero-order valence-electron chi connectivity index (χ0n) is 20.2. The molecule has 2 bridgehead atoms. The van der Waals surface area contributed by atoms with Crippen LogP contribution < -0.4 is 21.7 Å². The Labute approximate surface area is 207 Å². The monoisotopic (exact) mass is 473 g/mol. The normalized spacial score (nSPS) is 25.9. The molecule has 0 spiro atoms. The standard InChI is InChI=1S/C28H35N5O2/c29-17-19-3-8-25(31-18-19)33-27(35)28-12-1-2-22(16-28)24(9-13-28)26(34)32-23-6-4-20(5-7-23)21-10-14-30-15-11-21/h3-8,10,18,22,24,30H,1-2,9,11-17,29H2,(H,32,34)(H,31,33,35). The highest BCUT2D eigenvalue weighted by Gasteiger charge is 2.49. The summed E-state index contributed by atoms with van der Waals surface area (Å²) in [5.41, 5.74) is 9.59. The average molecular weight is 474 g/mol. The number of amides is 2. The fourth-order valence-electron chi connectivity index (χ4n) is 6.07. The van der Waals surface area contributed by atoms with E-state index in [2.05, 4.69) is 39.1 Å². The molecule has 5 N–H and O–H groups in total. The van der Waals surface area contributed by atoms with Crippen LogP contribution in [0.25, 0.3) is 5.57 Å². The van der Waals surface area contributed by atoms with Gasteiger partial charge in [-0.2, -0.15) is 0 Å². The number of pyridine rings is 1. The number of nitrogens with zero attached hydrogens (tertiary/aromatic N) is 1. The molecule has 0 saturated heterocycles. The second kappa shape index (κ2) is 10.3. The molecule has 2 aromatic rings. The van der Waals surface area contributed by atoms with Crippen molar-refractivity contribution < 1.29 is 9.59 Å². The van der Waals surface area contributed by atoms with Crippen molar-refractivity contribution >= 4 is 28.9 Å². The van der Waals surface area contributed by atoms with E-state index in [4.69, 9.17) is 5.73 Å². The largest absolute Gasteiger partial charge is 0.326 e. The summed E-state index contributed by atoms with van der Waals surface area (Å²) in [6.07, 6.45) is 10.0. The molecule has 7 heteroatoms. The van der Waals surface area contributed by atoms with Gasteiger partial charge in [0.1, 0.15) is 5.82 Å². The van der Waals surface area contributed by atoms with Gasteiger partial charge in [0.25, 0.3) is 0 Å². The van der Waals surface area contributed by atoms with Crippen LogP contribution in [0.4, 0.5) is 11.5 Å². The Morgan fingerprint density at radius 1 is 1.09 bits per heavy atom. The van der Waals surface area contributed by atoms with Crippen LogP contribution in [0, 0.1) is 17.3 Å². The number of carbonyl (C=O) groups is 2. The SMILES string of the molecule is NCc1ccc(NC(=O)C23CCCC(C2)C(C(=O)Nc2ccc(C4=CCNCC4)cc2)CC3)nc1. The molecule has 1 aromatic heterocycles. The van der Waals surface area contributed by atoms with Crippen LogP contribution in [0.2, 0.25) is 0 Å². The molecular weight excluding hydrogens is 438 g/mol. The Bertz CT molecular complexity index is 1100. The lowest BCUT2D eigenvalue weighted by atomic mass is 9.58. The first-order chi connectivity index (χ1) is 17.1.